The minimum atomic E-state index is -0.205. The summed E-state index contributed by atoms with van der Waals surface area (Å²) in [7, 11) is 0. The van der Waals surface area contributed by atoms with Gasteiger partial charge in [0.05, 0.1) is 11.4 Å². The van der Waals surface area contributed by atoms with Crippen LogP contribution in [0.1, 0.15) is 22.5 Å². The molecule has 0 unspecified atom stereocenters. The number of hydrogen-bond donors (Lipinski definition) is 2. The average Bonchev–Trinajstić information content (AvgIpc) is 3.18. The molecule has 122 valence electrons. The molecule has 10 heteroatoms. The zero-order valence-electron chi connectivity index (χ0n) is 13.1. The average molecular weight is 326 g/mol. The fourth-order valence-corrected chi connectivity index (χ4v) is 2.82. The molecule has 0 aliphatic rings. The molecule has 0 aliphatic carbocycles. The molecule has 0 amide bonds. The summed E-state index contributed by atoms with van der Waals surface area (Å²) < 4.78 is 2.58. The molecule has 0 saturated carbocycles. The Kier molecular flexibility index (Phi) is 3.05. The number of aromatic nitrogens is 8. The summed E-state index contributed by atoms with van der Waals surface area (Å²) in [6.07, 6.45) is 3.61. The van der Waals surface area contributed by atoms with Crippen molar-refractivity contribution in [3.05, 3.63) is 55.9 Å². The quantitative estimate of drug-likeness (QED) is 0.525. The Labute approximate surface area is 134 Å². The maximum Gasteiger partial charge on any atom is 0.277 e. The number of aromatic amines is 2. The molecular weight excluding hydrogens is 312 g/mol. The van der Waals surface area contributed by atoms with Gasteiger partial charge in [0.2, 0.25) is 0 Å². The summed E-state index contributed by atoms with van der Waals surface area (Å²) in [4.78, 5) is 41.6. The molecule has 0 radical (unpaired) electrons. The van der Waals surface area contributed by atoms with Crippen LogP contribution in [0.25, 0.3) is 11.6 Å². The summed E-state index contributed by atoms with van der Waals surface area (Å²) in [5, 5.41) is 5.47. The van der Waals surface area contributed by atoms with Crippen molar-refractivity contribution in [1.82, 2.24) is 39.2 Å². The van der Waals surface area contributed by atoms with Crippen molar-refractivity contribution < 1.29 is 0 Å². The van der Waals surface area contributed by atoms with Gasteiger partial charge < -0.3 is 0 Å². The van der Waals surface area contributed by atoms with Crippen LogP contribution in [-0.4, -0.2) is 39.2 Å². The molecule has 0 fully saturated rings. The van der Waals surface area contributed by atoms with Crippen molar-refractivity contribution in [2.45, 2.75) is 26.7 Å². The highest BCUT2D eigenvalue weighted by molar-refractivity contribution is 5.33. The third kappa shape index (κ3) is 2.03. The van der Waals surface area contributed by atoms with Crippen molar-refractivity contribution >= 4 is 11.6 Å². The standard InChI is InChI=1S/C14H14N8O2/c1-7-9(11(23)21-13(19-7)15-5-17-21)3-4-10-8(2)20-14-16-6-18-22(14)12(10)24/h5-6H,3-4H2,1-2H3,(H,15,17,19)(H,16,18,20). The van der Waals surface area contributed by atoms with E-state index in [-0.39, 0.29) is 11.1 Å². The van der Waals surface area contributed by atoms with Gasteiger partial charge in [-0.05, 0) is 26.7 Å². The summed E-state index contributed by atoms with van der Waals surface area (Å²) >= 11 is 0. The molecule has 0 aliphatic heterocycles. The van der Waals surface area contributed by atoms with Crippen LogP contribution >= 0.6 is 0 Å². The first-order chi connectivity index (χ1) is 11.6. The van der Waals surface area contributed by atoms with E-state index in [2.05, 4.69) is 30.1 Å². The van der Waals surface area contributed by atoms with Crippen molar-refractivity contribution in [3.8, 4) is 0 Å². The number of fused-ring (bicyclic) bond motifs is 2. The molecule has 0 spiro atoms. The number of nitrogens with zero attached hydrogens (tertiary/aromatic N) is 6. The second-order valence-corrected chi connectivity index (χ2v) is 5.51. The molecule has 4 rings (SSSR count). The van der Waals surface area contributed by atoms with Gasteiger partial charge in [-0.2, -0.15) is 9.03 Å². The molecule has 0 saturated heterocycles. The molecular formula is C14H14N8O2. The fraction of sp³-hybridized carbons (Fsp3) is 0.286. The lowest BCUT2D eigenvalue weighted by atomic mass is 10.0. The monoisotopic (exact) mass is 326 g/mol. The molecule has 0 bridgehead atoms. The van der Waals surface area contributed by atoms with E-state index in [4.69, 9.17) is 0 Å². The zero-order chi connectivity index (χ0) is 16.8. The van der Waals surface area contributed by atoms with Crippen LogP contribution in [0.5, 0.6) is 0 Å². The predicted molar refractivity (Wildman–Crippen MR) is 84.1 cm³/mol. The third-order valence-corrected chi connectivity index (χ3v) is 4.09. The number of hydrogen-bond acceptors (Lipinski definition) is 6. The minimum absolute atomic E-state index is 0.205. The van der Waals surface area contributed by atoms with Gasteiger partial charge in [0, 0.05) is 11.1 Å². The van der Waals surface area contributed by atoms with E-state index in [9.17, 15) is 9.59 Å². The van der Waals surface area contributed by atoms with Gasteiger partial charge in [0.25, 0.3) is 22.7 Å². The van der Waals surface area contributed by atoms with E-state index in [1.54, 1.807) is 13.8 Å². The van der Waals surface area contributed by atoms with E-state index in [0.29, 0.717) is 46.9 Å². The van der Waals surface area contributed by atoms with Crippen LogP contribution in [0.15, 0.2) is 22.2 Å². The van der Waals surface area contributed by atoms with Crippen LogP contribution in [0.2, 0.25) is 0 Å². The van der Waals surface area contributed by atoms with Gasteiger partial charge in [0.15, 0.2) is 0 Å². The Balaban J connectivity index is 1.76. The van der Waals surface area contributed by atoms with E-state index in [0.717, 1.165) is 0 Å². The number of nitrogens with one attached hydrogen (secondary N) is 2. The van der Waals surface area contributed by atoms with Crippen molar-refractivity contribution in [3.63, 3.8) is 0 Å². The topological polar surface area (TPSA) is 126 Å². The molecule has 4 aromatic rings. The Hall–Kier alpha value is -3.30. The predicted octanol–water partition coefficient (Wildman–Crippen LogP) is -0.449. The first kappa shape index (κ1) is 14.3. The summed E-state index contributed by atoms with van der Waals surface area (Å²) in [5.41, 5.74) is 1.91. The molecule has 0 atom stereocenters. The SMILES string of the molecule is Cc1nc2nc[nH]n2c(=O)c1CCc1c(C)nc2nc[nH]n2c1=O. The zero-order valence-corrected chi connectivity index (χ0v) is 13.1. The van der Waals surface area contributed by atoms with Gasteiger partial charge in [-0.3, -0.25) is 19.8 Å². The maximum absolute atomic E-state index is 12.5. The number of aryl methyl sites for hydroxylation is 2. The van der Waals surface area contributed by atoms with E-state index < -0.39 is 0 Å². The van der Waals surface area contributed by atoms with Crippen LogP contribution in [-0.2, 0) is 12.8 Å². The van der Waals surface area contributed by atoms with Crippen molar-refractivity contribution in [2.75, 3.05) is 0 Å². The molecule has 4 heterocycles. The highest BCUT2D eigenvalue weighted by Gasteiger charge is 2.15. The third-order valence-electron chi connectivity index (χ3n) is 4.09. The fourth-order valence-electron chi connectivity index (χ4n) is 2.82. The highest BCUT2D eigenvalue weighted by atomic mass is 16.1. The molecule has 2 N–H and O–H groups in total. The normalized spacial score (nSPS) is 11.6. The largest absolute Gasteiger partial charge is 0.278 e. The Morgan fingerprint density at radius 1 is 0.833 bits per heavy atom. The summed E-state index contributed by atoms with van der Waals surface area (Å²) in [6.45, 7) is 3.53. The lowest BCUT2D eigenvalue weighted by molar-refractivity contribution is 0.798. The Bertz CT molecular complexity index is 1090. The first-order valence-corrected chi connectivity index (χ1v) is 7.39. The summed E-state index contributed by atoms with van der Waals surface area (Å²) in [5.74, 6) is 0.663. The second-order valence-electron chi connectivity index (χ2n) is 5.51. The molecule has 4 aromatic heterocycles. The lowest BCUT2D eigenvalue weighted by Crippen LogP contribution is -2.25. The smallest absolute Gasteiger partial charge is 0.277 e. The van der Waals surface area contributed by atoms with Crippen LogP contribution in [0.4, 0.5) is 0 Å². The van der Waals surface area contributed by atoms with Gasteiger partial charge in [-0.25, -0.2) is 19.9 Å². The Morgan fingerprint density at radius 3 is 1.67 bits per heavy atom. The first-order valence-electron chi connectivity index (χ1n) is 7.39. The van der Waals surface area contributed by atoms with Gasteiger partial charge >= 0.3 is 0 Å². The van der Waals surface area contributed by atoms with E-state index >= 15 is 0 Å². The Morgan fingerprint density at radius 2 is 1.25 bits per heavy atom. The van der Waals surface area contributed by atoms with Crippen molar-refractivity contribution in [1.29, 1.82) is 0 Å². The minimum Gasteiger partial charge on any atom is -0.278 e. The van der Waals surface area contributed by atoms with Gasteiger partial charge in [-0.15, -0.1) is 0 Å². The number of H-pyrrole nitrogens is 2. The van der Waals surface area contributed by atoms with E-state index in [1.807, 2.05) is 0 Å². The van der Waals surface area contributed by atoms with Gasteiger partial charge in [-0.1, -0.05) is 0 Å². The van der Waals surface area contributed by atoms with Crippen LogP contribution in [0.3, 0.4) is 0 Å². The summed E-state index contributed by atoms with van der Waals surface area (Å²) in [6, 6.07) is 0. The van der Waals surface area contributed by atoms with Crippen LogP contribution in [0, 0.1) is 13.8 Å². The van der Waals surface area contributed by atoms with Crippen molar-refractivity contribution in [2.24, 2.45) is 0 Å². The lowest BCUT2D eigenvalue weighted by Gasteiger charge is -2.07. The van der Waals surface area contributed by atoms with Crippen LogP contribution < -0.4 is 11.1 Å². The maximum atomic E-state index is 12.5. The molecule has 24 heavy (non-hydrogen) atoms. The number of rotatable bonds is 3. The second kappa shape index (κ2) is 5.11. The van der Waals surface area contributed by atoms with Gasteiger partial charge in [0.1, 0.15) is 12.7 Å². The molecule has 10 nitrogen and oxygen atoms in total. The molecule has 0 aromatic carbocycles. The highest BCUT2D eigenvalue weighted by Crippen LogP contribution is 2.08. The van der Waals surface area contributed by atoms with E-state index in [1.165, 1.54) is 21.7 Å².